The Balaban J connectivity index is 2.17. The lowest BCUT2D eigenvalue weighted by Gasteiger charge is -2.06. The number of halogens is 2. The van der Waals surface area contributed by atoms with Gasteiger partial charge in [-0.3, -0.25) is 0 Å². The Morgan fingerprint density at radius 3 is 2.68 bits per heavy atom. The number of hydrogen-bond acceptors (Lipinski definition) is 2. The van der Waals surface area contributed by atoms with E-state index < -0.39 is 5.97 Å². The summed E-state index contributed by atoms with van der Waals surface area (Å²) >= 11 is 4.87. The molecule has 0 atom stereocenters. The monoisotopic (exact) mass is 340 g/mol. The van der Waals surface area contributed by atoms with Crippen LogP contribution in [0, 0.1) is 5.82 Å². The summed E-state index contributed by atoms with van der Waals surface area (Å²) in [5.74, 6) is -1.05. The van der Waals surface area contributed by atoms with Gasteiger partial charge in [-0.2, -0.15) is 0 Å². The van der Waals surface area contributed by atoms with Gasteiger partial charge in [0.05, 0.1) is 5.56 Å². The van der Waals surface area contributed by atoms with Crippen LogP contribution in [-0.2, 0) is 5.75 Å². The van der Waals surface area contributed by atoms with E-state index in [2.05, 4.69) is 15.9 Å². The second-order valence-electron chi connectivity index (χ2n) is 3.83. The summed E-state index contributed by atoms with van der Waals surface area (Å²) in [6.07, 6.45) is 0. The molecule has 0 radical (unpaired) electrons. The molecule has 0 aliphatic rings. The topological polar surface area (TPSA) is 37.3 Å². The van der Waals surface area contributed by atoms with Crippen LogP contribution in [0.1, 0.15) is 15.9 Å². The molecule has 0 heterocycles. The van der Waals surface area contributed by atoms with E-state index in [9.17, 15) is 9.18 Å². The molecule has 0 bridgehead atoms. The van der Waals surface area contributed by atoms with Gasteiger partial charge in [-0.25, -0.2) is 9.18 Å². The predicted octanol–water partition coefficient (Wildman–Crippen LogP) is 4.58. The first-order chi connectivity index (χ1) is 9.08. The minimum atomic E-state index is -1.05. The zero-order valence-corrected chi connectivity index (χ0v) is 12.2. The molecular formula is C14H10BrFO2S. The summed E-state index contributed by atoms with van der Waals surface area (Å²) < 4.78 is 14.6. The van der Waals surface area contributed by atoms with Gasteiger partial charge in [-0.05, 0) is 51.8 Å². The first kappa shape index (κ1) is 14.1. The van der Waals surface area contributed by atoms with Crippen molar-refractivity contribution in [3.05, 3.63) is 63.9 Å². The van der Waals surface area contributed by atoms with Gasteiger partial charge in [-0.15, -0.1) is 11.8 Å². The van der Waals surface area contributed by atoms with E-state index in [1.165, 1.54) is 30.0 Å². The van der Waals surface area contributed by atoms with Crippen molar-refractivity contribution in [3.8, 4) is 0 Å². The average Bonchev–Trinajstić information content (AvgIpc) is 2.39. The third kappa shape index (κ3) is 3.58. The summed E-state index contributed by atoms with van der Waals surface area (Å²) in [6.45, 7) is 0. The molecule has 0 aliphatic carbocycles. The van der Waals surface area contributed by atoms with Crippen molar-refractivity contribution in [2.24, 2.45) is 0 Å². The fraction of sp³-hybridized carbons (Fsp3) is 0.0714. The van der Waals surface area contributed by atoms with Gasteiger partial charge < -0.3 is 5.11 Å². The molecule has 0 unspecified atom stereocenters. The summed E-state index contributed by atoms with van der Waals surface area (Å²) in [4.78, 5) is 11.8. The van der Waals surface area contributed by atoms with Gasteiger partial charge in [0.2, 0.25) is 0 Å². The highest BCUT2D eigenvalue weighted by molar-refractivity contribution is 9.10. The van der Waals surface area contributed by atoms with Crippen LogP contribution in [0.5, 0.6) is 0 Å². The van der Waals surface area contributed by atoms with Gasteiger partial charge in [-0.1, -0.05) is 12.1 Å². The molecule has 0 aromatic heterocycles. The zero-order chi connectivity index (χ0) is 13.8. The van der Waals surface area contributed by atoms with Crippen LogP contribution in [0.4, 0.5) is 4.39 Å². The van der Waals surface area contributed by atoms with Crippen LogP contribution in [0.2, 0.25) is 0 Å². The van der Waals surface area contributed by atoms with E-state index in [4.69, 9.17) is 5.11 Å². The summed E-state index contributed by atoms with van der Waals surface area (Å²) in [5, 5.41) is 8.89. The molecule has 2 aromatic carbocycles. The van der Waals surface area contributed by atoms with Crippen molar-refractivity contribution in [1.82, 2.24) is 0 Å². The van der Waals surface area contributed by atoms with E-state index in [0.29, 0.717) is 11.3 Å². The van der Waals surface area contributed by atoms with Crippen LogP contribution < -0.4 is 0 Å². The molecule has 0 amide bonds. The van der Waals surface area contributed by atoms with Crippen LogP contribution >= 0.6 is 27.7 Å². The number of benzene rings is 2. The largest absolute Gasteiger partial charge is 0.478 e. The van der Waals surface area contributed by atoms with Gasteiger partial charge >= 0.3 is 5.97 Å². The molecular weight excluding hydrogens is 331 g/mol. The Morgan fingerprint density at radius 2 is 2.00 bits per heavy atom. The predicted molar refractivity (Wildman–Crippen MR) is 77.1 cm³/mol. The third-order valence-corrected chi connectivity index (χ3v) is 4.59. The Labute approximate surface area is 122 Å². The molecule has 0 fully saturated rings. The van der Waals surface area contributed by atoms with Crippen LogP contribution in [0.25, 0.3) is 0 Å². The molecule has 0 aliphatic heterocycles. The summed E-state index contributed by atoms with van der Waals surface area (Å²) in [5.41, 5.74) is 0.491. The Bertz CT molecular complexity index is 616. The van der Waals surface area contributed by atoms with Gasteiger partial charge in [0.25, 0.3) is 0 Å². The van der Waals surface area contributed by atoms with Crippen molar-refractivity contribution in [3.63, 3.8) is 0 Å². The van der Waals surface area contributed by atoms with Gasteiger partial charge in [0, 0.05) is 15.1 Å². The maximum Gasteiger partial charge on any atom is 0.335 e. The van der Waals surface area contributed by atoms with Crippen molar-refractivity contribution in [1.29, 1.82) is 0 Å². The lowest BCUT2D eigenvalue weighted by Crippen LogP contribution is -1.99. The fourth-order valence-corrected chi connectivity index (χ4v) is 3.08. The normalized spacial score (nSPS) is 10.4. The Kier molecular flexibility index (Phi) is 4.61. The zero-order valence-electron chi connectivity index (χ0n) is 9.77. The summed E-state index contributed by atoms with van der Waals surface area (Å²) in [6, 6.07) is 11.5. The third-order valence-electron chi connectivity index (χ3n) is 2.51. The summed E-state index contributed by atoms with van der Waals surface area (Å²) in [7, 11) is 0. The van der Waals surface area contributed by atoms with Crippen LogP contribution in [-0.4, -0.2) is 11.1 Å². The first-order valence-corrected chi connectivity index (χ1v) is 7.25. The Hall–Kier alpha value is -1.33. The molecule has 2 nitrogen and oxygen atoms in total. The molecule has 98 valence electrons. The average molecular weight is 341 g/mol. The number of hydrogen-bond donors (Lipinski definition) is 1. The molecule has 5 heteroatoms. The van der Waals surface area contributed by atoms with E-state index >= 15 is 0 Å². The second-order valence-corrected chi connectivity index (χ2v) is 5.70. The molecule has 2 aromatic rings. The number of carbonyl (C=O) groups is 1. The van der Waals surface area contributed by atoms with Gasteiger partial charge in [0.15, 0.2) is 0 Å². The smallest absolute Gasteiger partial charge is 0.335 e. The molecule has 1 N–H and O–H groups in total. The first-order valence-electron chi connectivity index (χ1n) is 5.47. The minimum Gasteiger partial charge on any atom is -0.478 e. The van der Waals surface area contributed by atoms with E-state index in [1.54, 1.807) is 0 Å². The molecule has 2 rings (SSSR count). The molecule has 0 saturated heterocycles. The van der Waals surface area contributed by atoms with E-state index in [-0.39, 0.29) is 11.4 Å². The minimum absolute atomic E-state index is 0.101. The highest BCUT2D eigenvalue weighted by Crippen LogP contribution is 2.30. The van der Waals surface area contributed by atoms with E-state index in [0.717, 1.165) is 9.37 Å². The number of rotatable bonds is 4. The molecule has 19 heavy (non-hydrogen) atoms. The molecule has 0 saturated carbocycles. The van der Waals surface area contributed by atoms with E-state index in [1.807, 2.05) is 24.3 Å². The standard InChI is InChI=1S/C14H10BrFO2S/c15-11-3-1-2-4-13(11)19-8-10-7-9(14(17)18)5-6-12(10)16/h1-7H,8H2,(H,17,18). The lowest BCUT2D eigenvalue weighted by atomic mass is 10.1. The maximum absolute atomic E-state index is 13.6. The van der Waals surface area contributed by atoms with Crippen molar-refractivity contribution in [2.45, 2.75) is 10.6 Å². The lowest BCUT2D eigenvalue weighted by molar-refractivity contribution is 0.0696. The van der Waals surface area contributed by atoms with Gasteiger partial charge in [0.1, 0.15) is 5.82 Å². The maximum atomic E-state index is 13.6. The second kappa shape index (κ2) is 6.21. The Morgan fingerprint density at radius 1 is 1.26 bits per heavy atom. The number of carboxylic acid groups (broad SMARTS) is 1. The van der Waals surface area contributed by atoms with Crippen molar-refractivity contribution >= 4 is 33.7 Å². The number of thioether (sulfide) groups is 1. The fourth-order valence-electron chi connectivity index (χ4n) is 1.54. The quantitative estimate of drug-likeness (QED) is 0.827. The van der Waals surface area contributed by atoms with Crippen LogP contribution in [0.15, 0.2) is 51.8 Å². The molecule has 0 spiro atoms. The number of carboxylic acids is 1. The van der Waals surface area contributed by atoms with Crippen molar-refractivity contribution < 1.29 is 14.3 Å². The SMILES string of the molecule is O=C(O)c1ccc(F)c(CSc2ccccc2Br)c1. The number of aromatic carboxylic acids is 1. The van der Waals surface area contributed by atoms with Crippen molar-refractivity contribution in [2.75, 3.05) is 0 Å². The highest BCUT2D eigenvalue weighted by Gasteiger charge is 2.09. The van der Waals surface area contributed by atoms with Crippen LogP contribution in [0.3, 0.4) is 0 Å². The highest BCUT2D eigenvalue weighted by atomic mass is 79.9.